The summed E-state index contributed by atoms with van der Waals surface area (Å²) in [7, 11) is 0. The van der Waals surface area contributed by atoms with E-state index in [-0.39, 0.29) is 87.9 Å². The van der Waals surface area contributed by atoms with E-state index in [1.54, 1.807) is 6.92 Å². The van der Waals surface area contributed by atoms with Crippen LogP contribution < -0.4 is 22.7 Å². The van der Waals surface area contributed by atoms with Crippen molar-refractivity contribution in [3.8, 4) is 0 Å². The fraction of sp³-hybridized carbons (Fsp3) is 0.364. The Morgan fingerprint density at radius 3 is 1.82 bits per heavy atom. The number of aromatic nitrogens is 4. The number of aromatic amines is 1. The van der Waals surface area contributed by atoms with Crippen LogP contribution >= 0.6 is 0 Å². The number of H-pyrrole nitrogens is 1. The molecule has 0 bridgehead atoms. The molecule has 4 rings (SSSR count). The van der Waals surface area contributed by atoms with Crippen molar-refractivity contribution >= 4 is 5.82 Å². The van der Waals surface area contributed by atoms with Gasteiger partial charge in [0.05, 0.1) is 24.9 Å². The number of aliphatic hydroxyl groups is 4. The van der Waals surface area contributed by atoms with Crippen molar-refractivity contribution < 1.29 is 94.6 Å². The van der Waals surface area contributed by atoms with Crippen LogP contribution in [0.15, 0.2) is 49.6 Å². The number of aliphatic hydroxyl groups excluding tert-OH is 4. The van der Waals surface area contributed by atoms with Gasteiger partial charge in [-0.2, -0.15) is 4.98 Å². The van der Waals surface area contributed by atoms with Crippen LogP contribution in [-0.2, 0) is 65.4 Å². The van der Waals surface area contributed by atoms with Crippen molar-refractivity contribution in [1.29, 1.82) is 0 Å². The zero-order valence-corrected chi connectivity index (χ0v) is 26.1. The zero-order chi connectivity index (χ0) is 26.9. The molecule has 7 N–H and O–H groups in total. The third-order valence-corrected chi connectivity index (χ3v) is 5.84. The molecule has 2 radical (unpaired) electrons. The van der Waals surface area contributed by atoms with Crippen molar-refractivity contribution in [2.75, 3.05) is 18.9 Å². The zero-order valence-electron chi connectivity index (χ0n) is 20.4. The molecule has 38 heavy (non-hydrogen) atoms. The topological polar surface area (TPSA) is 197 Å². The summed E-state index contributed by atoms with van der Waals surface area (Å²) in [6.07, 6.45) is 2.55. The van der Waals surface area contributed by atoms with Crippen molar-refractivity contribution in [1.82, 2.24) is 19.1 Å². The Kier molecular flexibility index (Phi) is 13.2. The second-order valence-electron chi connectivity index (χ2n) is 8.20. The fourth-order valence-corrected chi connectivity index (χ4v) is 3.75. The maximum atomic E-state index is 13.9. The van der Waals surface area contributed by atoms with Gasteiger partial charge in [0.1, 0.15) is 5.82 Å². The third-order valence-electron chi connectivity index (χ3n) is 5.84. The Balaban J connectivity index is 0.000000361. The van der Waals surface area contributed by atoms with Gasteiger partial charge in [-0.15, -0.1) is 0 Å². The molecule has 16 heteroatoms. The molecule has 0 unspecified atom stereocenters. The maximum Gasteiger partial charge on any atom is 0.347 e. The van der Waals surface area contributed by atoms with Crippen LogP contribution in [0.4, 0.5) is 14.6 Å². The second kappa shape index (κ2) is 14.4. The SMILES string of the molecule is Cc1cn([C@H]2[CH-][C@H](O)C(CO)=C2F)c(=O)[nH]c1=O.Cc1cn([C@H]2[CH-][C@H](O)C(CO)=C2F)c(=O)nc1N.[Y].[Y]. The number of nitrogen functional groups attached to an aromatic ring is 1. The summed E-state index contributed by atoms with van der Waals surface area (Å²) in [4.78, 5) is 40.0. The van der Waals surface area contributed by atoms with Crippen LogP contribution in [0.5, 0.6) is 0 Å². The molecule has 2 aliphatic rings. The van der Waals surface area contributed by atoms with Gasteiger partial charge in [-0.3, -0.25) is 22.6 Å². The van der Waals surface area contributed by atoms with Crippen molar-refractivity contribution in [2.24, 2.45) is 0 Å². The van der Waals surface area contributed by atoms with Crippen LogP contribution in [0.3, 0.4) is 0 Å². The first-order valence-corrected chi connectivity index (χ1v) is 10.6. The quantitative estimate of drug-likeness (QED) is 0.211. The Bertz CT molecular complexity index is 1410. The molecular weight excluding hydrogens is 662 g/mol. The first-order chi connectivity index (χ1) is 16.9. The predicted octanol–water partition coefficient (Wildman–Crippen LogP) is -1.35. The number of halogens is 2. The van der Waals surface area contributed by atoms with E-state index in [1.807, 2.05) is 0 Å². The van der Waals surface area contributed by atoms with Crippen LogP contribution in [0, 0.1) is 26.7 Å². The molecule has 0 saturated carbocycles. The second-order valence-corrected chi connectivity index (χ2v) is 8.20. The number of hydrogen-bond acceptors (Lipinski definition) is 9. The molecule has 0 aromatic carbocycles. The smallest absolute Gasteiger partial charge is 0.347 e. The molecule has 2 aromatic heterocycles. The van der Waals surface area contributed by atoms with Crippen LogP contribution in [0.2, 0.25) is 0 Å². The van der Waals surface area contributed by atoms with Gasteiger partial charge < -0.3 is 35.3 Å². The van der Waals surface area contributed by atoms with E-state index in [9.17, 15) is 33.4 Å². The average molecular weight is 687 g/mol. The molecule has 0 amide bonds. The summed E-state index contributed by atoms with van der Waals surface area (Å²) in [5.41, 5.74) is 3.93. The third kappa shape index (κ3) is 7.08. The van der Waals surface area contributed by atoms with Gasteiger partial charge in [0.25, 0.3) is 5.56 Å². The van der Waals surface area contributed by atoms with Crippen molar-refractivity contribution in [2.45, 2.75) is 38.1 Å². The Morgan fingerprint density at radius 1 is 0.921 bits per heavy atom. The van der Waals surface area contributed by atoms with E-state index >= 15 is 0 Å². The van der Waals surface area contributed by atoms with E-state index < -0.39 is 66.1 Å². The summed E-state index contributed by atoms with van der Waals surface area (Å²) in [5.74, 6) is -1.43. The summed E-state index contributed by atoms with van der Waals surface area (Å²) < 4.78 is 29.8. The molecule has 0 spiro atoms. The molecule has 0 fully saturated rings. The van der Waals surface area contributed by atoms with Crippen LogP contribution in [0.1, 0.15) is 23.2 Å². The monoisotopic (exact) mass is 687 g/mol. The minimum Gasteiger partial charge on any atom is -0.421 e. The van der Waals surface area contributed by atoms with E-state index in [0.29, 0.717) is 5.56 Å². The van der Waals surface area contributed by atoms with E-state index in [0.717, 1.165) is 9.13 Å². The number of nitrogens with two attached hydrogens (primary N) is 1. The first kappa shape index (κ1) is 34.8. The number of allylic oxidation sites excluding steroid dienone is 2. The summed E-state index contributed by atoms with van der Waals surface area (Å²) >= 11 is 0. The van der Waals surface area contributed by atoms with Gasteiger partial charge >= 0.3 is 11.4 Å². The maximum absolute atomic E-state index is 13.9. The standard InChI is InChI=1S/C11H13FN3O3.C11H12FN2O4.2Y/c1-5-3-15(11(18)14-10(5)13)7-2-8(17)6(4-16)9(7)12;1-5-3-14(11(18)13-10(5)17)7-2-8(16)6(4-15)9(7)12;;/h2-3,7-8,16-17H,4H2,1H3,(H2,13,14,18);2-3,7-8,15-16H,4H2,1H3,(H,13,17,18);;/q2*-1;;/t2*7-,8-;;/m00../s1. The molecule has 4 atom stereocenters. The number of nitrogens with zero attached hydrogens (tertiary/aromatic N) is 3. The number of aryl methyl sites for hydroxylation is 2. The number of hydrogen-bond donors (Lipinski definition) is 6. The van der Waals surface area contributed by atoms with Crippen molar-refractivity contribution in [3.63, 3.8) is 0 Å². The van der Waals surface area contributed by atoms with Gasteiger partial charge in [0.2, 0.25) is 0 Å². The van der Waals surface area contributed by atoms with Gasteiger partial charge in [0.15, 0.2) is 0 Å². The van der Waals surface area contributed by atoms with Gasteiger partial charge in [-0.05, 0) is 49.3 Å². The van der Waals surface area contributed by atoms with Crippen molar-refractivity contribution in [3.05, 3.63) is 90.5 Å². The predicted molar refractivity (Wildman–Crippen MR) is 123 cm³/mol. The molecule has 2 aromatic rings. The van der Waals surface area contributed by atoms with Gasteiger partial charge in [-0.1, -0.05) is 0 Å². The molecule has 2 heterocycles. The Morgan fingerprint density at radius 2 is 1.37 bits per heavy atom. The normalized spacial score (nSPS) is 22.5. The molecule has 0 aliphatic heterocycles. The summed E-state index contributed by atoms with van der Waals surface area (Å²) in [6.45, 7) is 1.89. The fourth-order valence-electron chi connectivity index (χ4n) is 3.75. The molecule has 2 aliphatic carbocycles. The number of anilines is 1. The van der Waals surface area contributed by atoms with E-state index in [2.05, 4.69) is 9.97 Å². The summed E-state index contributed by atoms with van der Waals surface area (Å²) in [6, 6.07) is -2.16. The van der Waals surface area contributed by atoms with Crippen LogP contribution in [0.25, 0.3) is 0 Å². The minimum atomic E-state index is -1.24. The van der Waals surface area contributed by atoms with Gasteiger partial charge in [-0.25, -0.2) is 18.4 Å². The van der Waals surface area contributed by atoms with Crippen LogP contribution in [-0.4, -0.2) is 64.9 Å². The summed E-state index contributed by atoms with van der Waals surface area (Å²) in [5, 5.41) is 36.9. The minimum absolute atomic E-state index is 0. The molecule has 12 nitrogen and oxygen atoms in total. The molecule has 0 saturated heterocycles. The Labute approximate surface area is 265 Å². The molecule has 202 valence electrons. The molecular formula is C22H25F2N5O7Y2-2. The first-order valence-electron chi connectivity index (χ1n) is 10.6. The largest absolute Gasteiger partial charge is 0.421 e. The average Bonchev–Trinajstić information content (AvgIpc) is 3.26. The Hall–Kier alpha value is -1.25. The van der Waals surface area contributed by atoms with E-state index in [1.165, 1.54) is 32.2 Å². The van der Waals surface area contributed by atoms with E-state index in [4.69, 9.17) is 15.9 Å². The number of nitrogens with one attached hydrogen (secondary N) is 1. The van der Waals surface area contributed by atoms with Gasteiger partial charge in [0, 0.05) is 88.9 Å². The number of rotatable bonds is 4.